The fourth-order valence-corrected chi connectivity index (χ4v) is 4.93. The minimum atomic E-state index is -3.68. The Morgan fingerprint density at radius 1 is 1.15 bits per heavy atom. The highest BCUT2D eigenvalue weighted by molar-refractivity contribution is 7.89. The summed E-state index contributed by atoms with van der Waals surface area (Å²) in [5.74, 6) is 0. The van der Waals surface area contributed by atoms with Crippen molar-refractivity contribution in [2.75, 3.05) is 13.2 Å². The summed E-state index contributed by atoms with van der Waals surface area (Å²) in [4.78, 5) is 0.244. The number of hydrogen-bond acceptors (Lipinski definition) is 4. The molecule has 2 aromatic rings. The lowest BCUT2D eigenvalue weighted by Crippen LogP contribution is -2.48. The number of nitrogens with zero attached hydrogens (tertiary/aromatic N) is 1. The van der Waals surface area contributed by atoms with E-state index in [2.05, 4.69) is 0 Å². The second-order valence-electron chi connectivity index (χ2n) is 7.05. The van der Waals surface area contributed by atoms with Gasteiger partial charge in [0.05, 0.1) is 29.8 Å². The molecule has 2 atom stereocenters. The lowest BCUT2D eigenvalue weighted by molar-refractivity contribution is -0.0136. The third-order valence-corrected chi connectivity index (χ3v) is 6.84. The van der Waals surface area contributed by atoms with E-state index in [1.165, 1.54) is 4.31 Å². The topological polar surface area (TPSA) is 66.8 Å². The molecule has 1 saturated heterocycles. The molecule has 1 fully saturated rings. The molecule has 1 aliphatic heterocycles. The van der Waals surface area contributed by atoms with Crippen LogP contribution in [0.25, 0.3) is 0 Å². The number of aliphatic hydroxyl groups is 1. The van der Waals surface area contributed by atoms with E-state index in [1.54, 1.807) is 31.2 Å². The van der Waals surface area contributed by atoms with Gasteiger partial charge in [0.15, 0.2) is 0 Å². The van der Waals surface area contributed by atoms with Crippen LogP contribution in [0.3, 0.4) is 0 Å². The third kappa shape index (κ3) is 3.99. The van der Waals surface area contributed by atoms with Crippen molar-refractivity contribution in [2.45, 2.75) is 43.4 Å². The van der Waals surface area contributed by atoms with Crippen molar-refractivity contribution in [3.05, 3.63) is 65.7 Å². The zero-order valence-corrected chi connectivity index (χ0v) is 15.9. The maximum Gasteiger partial charge on any atom is 0.243 e. The highest BCUT2D eigenvalue weighted by Gasteiger charge is 2.48. The Morgan fingerprint density at radius 2 is 1.81 bits per heavy atom. The van der Waals surface area contributed by atoms with E-state index >= 15 is 0 Å². The van der Waals surface area contributed by atoms with Crippen molar-refractivity contribution in [3.63, 3.8) is 0 Å². The maximum absolute atomic E-state index is 13.0. The van der Waals surface area contributed by atoms with Crippen molar-refractivity contribution in [1.82, 2.24) is 4.31 Å². The molecular weight excluding hydrogens is 350 g/mol. The van der Waals surface area contributed by atoms with Gasteiger partial charge in [-0.2, -0.15) is 4.31 Å². The smallest absolute Gasteiger partial charge is 0.243 e. The summed E-state index contributed by atoms with van der Waals surface area (Å²) in [6.07, 6.45) is 0.386. The van der Waals surface area contributed by atoms with Crippen LogP contribution in [0.15, 0.2) is 59.5 Å². The number of aryl methyl sites for hydroxylation is 1. The van der Waals surface area contributed by atoms with Crippen LogP contribution in [0, 0.1) is 6.92 Å². The van der Waals surface area contributed by atoms with E-state index in [4.69, 9.17) is 4.74 Å². The fraction of sp³-hybridized carbons (Fsp3) is 0.400. The molecule has 26 heavy (non-hydrogen) atoms. The SMILES string of the molecule is Cc1ccc(S(=O)(=O)N2CC[C@](C)(O)[C@H]2COCc2ccccc2)cc1. The number of benzene rings is 2. The summed E-state index contributed by atoms with van der Waals surface area (Å²) in [7, 11) is -3.68. The number of ether oxygens (including phenoxy) is 1. The first kappa shape index (κ1) is 19.0. The van der Waals surface area contributed by atoms with Gasteiger partial charge in [-0.05, 0) is 38.0 Å². The van der Waals surface area contributed by atoms with Gasteiger partial charge >= 0.3 is 0 Å². The van der Waals surface area contributed by atoms with Crippen LogP contribution >= 0.6 is 0 Å². The molecule has 6 heteroatoms. The summed E-state index contributed by atoms with van der Waals surface area (Å²) in [5, 5.41) is 10.7. The Bertz CT molecular complexity index is 832. The zero-order chi connectivity index (χ0) is 18.8. The molecule has 0 aromatic heterocycles. The van der Waals surface area contributed by atoms with Gasteiger partial charge < -0.3 is 9.84 Å². The van der Waals surface area contributed by atoms with Gasteiger partial charge in [0.1, 0.15) is 0 Å². The Hall–Kier alpha value is -1.73. The minimum Gasteiger partial charge on any atom is -0.388 e. The van der Waals surface area contributed by atoms with Gasteiger partial charge in [0.2, 0.25) is 10.0 Å². The average Bonchev–Trinajstić information content (AvgIpc) is 2.92. The van der Waals surface area contributed by atoms with Crippen molar-refractivity contribution in [2.24, 2.45) is 0 Å². The van der Waals surface area contributed by atoms with Crippen LogP contribution in [0.4, 0.5) is 0 Å². The molecule has 0 bridgehead atoms. The first-order chi connectivity index (χ1) is 12.3. The Kier molecular flexibility index (Phi) is 5.48. The minimum absolute atomic E-state index is 0.146. The van der Waals surface area contributed by atoms with E-state index in [-0.39, 0.29) is 18.0 Å². The van der Waals surface area contributed by atoms with Gasteiger partial charge in [-0.1, -0.05) is 48.0 Å². The molecule has 1 aliphatic rings. The fourth-order valence-electron chi connectivity index (χ4n) is 3.23. The van der Waals surface area contributed by atoms with Crippen molar-refractivity contribution in [1.29, 1.82) is 0 Å². The lowest BCUT2D eigenvalue weighted by Gasteiger charge is -2.30. The quantitative estimate of drug-likeness (QED) is 0.843. The standard InChI is InChI=1S/C20H25NO4S/c1-16-8-10-18(11-9-16)26(23,24)21-13-12-20(2,22)19(21)15-25-14-17-6-4-3-5-7-17/h3-11,19,22H,12-15H2,1-2H3/t19-,20+/m1/s1. The maximum atomic E-state index is 13.0. The van der Waals surface area contributed by atoms with Gasteiger partial charge in [-0.25, -0.2) is 8.42 Å². The van der Waals surface area contributed by atoms with Crippen LogP contribution < -0.4 is 0 Å². The van der Waals surface area contributed by atoms with E-state index < -0.39 is 21.7 Å². The van der Waals surface area contributed by atoms with E-state index in [0.717, 1.165) is 11.1 Å². The Morgan fingerprint density at radius 3 is 2.46 bits per heavy atom. The molecule has 2 aromatic carbocycles. The van der Waals surface area contributed by atoms with E-state index in [1.807, 2.05) is 37.3 Å². The molecule has 0 radical (unpaired) electrons. The van der Waals surface area contributed by atoms with E-state index in [9.17, 15) is 13.5 Å². The first-order valence-electron chi connectivity index (χ1n) is 8.73. The summed E-state index contributed by atoms with van der Waals surface area (Å²) < 4.78 is 33.2. The monoisotopic (exact) mass is 375 g/mol. The van der Waals surface area contributed by atoms with Gasteiger partial charge in [0, 0.05) is 6.54 Å². The zero-order valence-electron chi connectivity index (χ0n) is 15.1. The molecule has 0 saturated carbocycles. The number of hydrogen-bond donors (Lipinski definition) is 1. The van der Waals surface area contributed by atoms with Crippen LogP contribution in [0.2, 0.25) is 0 Å². The normalized spacial score (nSPS) is 24.0. The van der Waals surface area contributed by atoms with Gasteiger partial charge in [-0.3, -0.25) is 0 Å². The molecule has 3 rings (SSSR count). The number of rotatable bonds is 6. The molecule has 0 aliphatic carbocycles. The molecule has 0 unspecified atom stereocenters. The van der Waals surface area contributed by atoms with Crippen LogP contribution in [-0.2, 0) is 21.4 Å². The molecule has 5 nitrogen and oxygen atoms in total. The lowest BCUT2D eigenvalue weighted by atomic mass is 9.98. The second kappa shape index (κ2) is 7.48. The summed E-state index contributed by atoms with van der Waals surface area (Å²) in [6, 6.07) is 15.9. The van der Waals surface area contributed by atoms with Crippen LogP contribution in [0.1, 0.15) is 24.5 Å². The van der Waals surface area contributed by atoms with Crippen molar-refractivity contribution >= 4 is 10.0 Å². The van der Waals surface area contributed by atoms with E-state index in [0.29, 0.717) is 13.0 Å². The third-order valence-electron chi connectivity index (χ3n) is 4.92. The van der Waals surface area contributed by atoms with Crippen LogP contribution in [0.5, 0.6) is 0 Å². The predicted molar refractivity (Wildman–Crippen MR) is 100 cm³/mol. The van der Waals surface area contributed by atoms with Gasteiger partial charge in [0.25, 0.3) is 0 Å². The Balaban J connectivity index is 1.76. The summed E-state index contributed by atoms with van der Waals surface area (Å²) >= 11 is 0. The van der Waals surface area contributed by atoms with Crippen LogP contribution in [-0.4, -0.2) is 42.6 Å². The molecule has 1 N–H and O–H groups in total. The van der Waals surface area contributed by atoms with Crippen molar-refractivity contribution in [3.8, 4) is 0 Å². The summed E-state index contributed by atoms with van der Waals surface area (Å²) in [6.45, 7) is 4.40. The van der Waals surface area contributed by atoms with Gasteiger partial charge in [-0.15, -0.1) is 0 Å². The highest BCUT2D eigenvalue weighted by Crippen LogP contribution is 2.33. The molecular formula is C20H25NO4S. The summed E-state index contributed by atoms with van der Waals surface area (Å²) in [5.41, 5.74) is 0.896. The largest absolute Gasteiger partial charge is 0.388 e. The second-order valence-corrected chi connectivity index (χ2v) is 8.94. The average molecular weight is 375 g/mol. The predicted octanol–water partition coefficient (Wildman–Crippen LogP) is 2.73. The van der Waals surface area contributed by atoms with Crippen molar-refractivity contribution < 1.29 is 18.3 Å². The molecule has 0 amide bonds. The molecule has 140 valence electrons. The highest BCUT2D eigenvalue weighted by atomic mass is 32.2. The molecule has 1 heterocycles. The Labute approximate surface area is 155 Å². The first-order valence-corrected chi connectivity index (χ1v) is 10.2. The number of sulfonamides is 1. The molecule has 0 spiro atoms.